The van der Waals surface area contributed by atoms with Gasteiger partial charge in [-0.2, -0.15) is 0 Å². The van der Waals surface area contributed by atoms with Crippen LogP contribution >= 0.6 is 7.82 Å². The van der Waals surface area contributed by atoms with Crippen molar-refractivity contribution >= 4 is 19.8 Å². The summed E-state index contributed by atoms with van der Waals surface area (Å²) in [6.07, 6.45) is 63.6. The van der Waals surface area contributed by atoms with Gasteiger partial charge in [-0.25, -0.2) is 4.57 Å². The Balaban J connectivity index is 3.66. The summed E-state index contributed by atoms with van der Waals surface area (Å²) in [4.78, 5) is 35.0. The highest BCUT2D eigenvalue weighted by atomic mass is 31.2. The molecular formula is C59H118NO8P. The minimum atomic E-state index is -4.37. The Morgan fingerprint density at radius 3 is 0.884 bits per heavy atom. The van der Waals surface area contributed by atoms with Gasteiger partial charge >= 0.3 is 19.8 Å². The zero-order valence-corrected chi connectivity index (χ0v) is 47.0. The van der Waals surface area contributed by atoms with Crippen LogP contribution in [0.15, 0.2) is 0 Å². The molecule has 10 heteroatoms. The number of hydrogen-bond acceptors (Lipinski definition) is 8. The average Bonchev–Trinajstić information content (AvgIpc) is 3.34. The fraction of sp³-hybridized carbons (Fsp3) is 0.966. The van der Waals surface area contributed by atoms with E-state index in [1.54, 1.807) is 0 Å². The lowest BCUT2D eigenvalue weighted by atomic mass is 10.0. The van der Waals surface area contributed by atoms with E-state index < -0.39 is 26.5 Å². The van der Waals surface area contributed by atoms with Crippen LogP contribution in [0.1, 0.15) is 335 Å². The molecule has 0 heterocycles. The van der Waals surface area contributed by atoms with Crippen molar-refractivity contribution in [2.45, 2.75) is 341 Å². The molecule has 0 aliphatic carbocycles. The number of hydrogen-bond donors (Lipinski definition) is 2. The second-order valence-corrected chi connectivity index (χ2v) is 22.4. The quantitative estimate of drug-likeness (QED) is 0.0347. The molecule has 412 valence electrons. The Hall–Kier alpha value is -0.990. The van der Waals surface area contributed by atoms with E-state index >= 15 is 0 Å². The van der Waals surface area contributed by atoms with E-state index in [2.05, 4.69) is 13.8 Å². The van der Waals surface area contributed by atoms with Gasteiger partial charge in [-0.1, -0.05) is 309 Å². The molecule has 69 heavy (non-hydrogen) atoms. The van der Waals surface area contributed by atoms with Crippen molar-refractivity contribution in [3.8, 4) is 0 Å². The van der Waals surface area contributed by atoms with E-state index in [-0.39, 0.29) is 38.6 Å². The molecule has 0 bridgehead atoms. The van der Waals surface area contributed by atoms with Crippen LogP contribution in [-0.4, -0.2) is 49.3 Å². The Kier molecular flexibility index (Phi) is 55.5. The lowest BCUT2D eigenvalue weighted by Crippen LogP contribution is -2.29. The van der Waals surface area contributed by atoms with Gasteiger partial charge in [-0.05, 0) is 12.8 Å². The third kappa shape index (κ3) is 56.2. The predicted molar refractivity (Wildman–Crippen MR) is 294 cm³/mol. The topological polar surface area (TPSA) is 134 Å². The van der Waals surface area contributed by atoms with Crippen LogP contribution in [0.2, 0.25) is 0 Å². The molecule has 0 aromatic rings. The van der Waals surface area contributed by atoms with Crippen LogP contribution in [-0.2, 0) is 32.7 Å². The zero-order valence-electron chi connectivity index (χ0n) is 46.1. The number of unbranched alkanes of at least 4 members (excludes halogenated alkanes) is 46. The lowest BCUT2D eigenvalue weighted by Gasteiger charge is -2.19. The number of carbonyl (C=O) groups is 2. The third-order valence-corrected chi connectivity index (χ3v) is 15.0. The molecule has 9 nitrogen and oxygen atoms in total. The van der Waals surface area contributed by atoms with Crippen molar-refractivity contribution < 1.29 is 37.6 Å². The maximum absolute atomic E-state index is 12.7. The fourth-order valence-corrected chi connectivity index (χ4v) is 10.2. The van der Waals surface area contributed by atoms with E-state index in [0.717, 1.165) is 32.1 Å². The normalized spacial score (nSPS) is 12.9. The van der Waals surface area contributed by atoms with Crippen molar-refractivity contribution in [1.29, 1.82) is 0 Å². The molecule has 3 N–H and O–H groups in total. The summed E-state index contributed by atoms with van der Waals surface area (Å²) >= 11 is 0. The first-order chi connectivity index (χ1) is 33.8. The van der Waals surface area contributed by atoms with E-state index in [0.29, 0.717) is 6.42 Å². The third-order valence-electron chi connectivity index (χ3n) is 14.0. The number of rotatable bonds is 59. The van der Waals surface area contributed by atoms with Crippen LogP contribution < -0.4 is 5.73 Å². The van der Waals surface area contributed by atoms with Gasteiger partial charge in [0.2, 0.25) is 0 Å². The minimum Gasteiger partial charge on any atom is -0.462 e. The van der Waals surface area contributed by atoms with Crippen LogP contribution in [0.3, 0.4) is 0 Å². The van der Waals surface area contributed by atoms with Gasteiger partial charge < -0.3 is 20.1 Å². The Bertz CT molecular complexity index is 1090. The van der Waals surface area contributed by atoms with Crippen molar-refractivity contribution in [1.82, 2.24) is 0 Å². The Morgan fingerprint density at radius 1 is 0.377 bits per heavy atom. The average molecular weight is 1000 g/mol. The predicted octanol–water partition coefficient (Wildman–Crippen LogP) is 19.1. The molecule has 0 aliphatic rings. The molecule has 2 unspecified atom stereocenters. The summed E-state index contributed by atoms with van der Waals surface area (Å²) in [6, 6.07) is 0. The van der Waals surface area contributed by atoms with Gasteiger partial charge in [0.05, 0.1) is 13.2 Å². The minimum absolute atomic E-state index is 0.0582. The zero-order chi connectivity index (χ0) is 50.2. The number of carbonyl (C=O) groups excluding carboxylic acids is 2. The first-order valence-corrected chi connectivity index (χ1v) is 32.0. The Labute approximate surface area is 428 Å². The summed E-state index contributed by atoms with van der Waals surface area (Å²) in [5, 5.41) is 0. The van der Waals surface area contributed by atoms with Crippen LogP contribution in [0.5, 0.6) is 0 Å². The SMILES string of the molecule is CCCCCCCCCCCCCCCCCCCCCCCCCCCCCCCCCCCCCCCCC(=O)OC(COC(=O)CCCCCCCCCCCC)COP(=O)(O)OCCN. The summed E-state index contributed by atoms with van der Waals surface area (Å²) in [7, 11) is -4.37. The molecule has 2 atom stereocenters. The second-order valence-electron chi connectivity index (χ2n) is 20.9. The summed E-state index contributed by atoms with van der Waals surface area (Å²) in [5.41, 5.74) is 5.37. The number of esters is 2. The van der Waals surface area contributed by atoms with E-state index in [9.17, 15) is 19.0 Å². The number of nitrogens with two attached hydrogens (primary N) is 1. The van der Waals surface area contributed by atoms with E-state index in [1.807, 2.05) is 0 Å². The molecule has 0 rings (SSSR count). The molecule has 0 fully saturated rings. The maximum atomic E-state index is 12.7. The largest absolute Gasteiger partial charge is 0.472 e. The van der Waals surface area contributed by atoms with Gasteiger partial charge in [-0.3, -0.25) is 18.6 Å². The summed E-state index contributed by atoms with van der Waals surface area (Å²) < 4.78 is 32.9. The standard InChI is InChI=1S/C59H118NO8P/c1-3-5-7-9-11-13-15-16-17-18-19-20-21-22-23-24-25-26-27-28-29-30-31-32-33-34-35-36-37-38-39-40-41-42-44-46-48-50-52-59(62)68-57(56-67-69(63,64)66-54-53-60)55-65-58(61)51-49-47-45-43-14-12-10-8-6-4-2/h57H,3-56,60H2,1-2H3,(H,63,64). The Morgan fingerprint density at radius 2 is 0.623 bits per heavy atom. The molecule has 0 spiro atoms. The second kappa shape index (κ2) is 56.3. The first-order valence-electron chi connectivity index (χ1n) is 30.5. The lowest BCUT2D eigenvalue weighted by molar-refractivity contribution is -0.161. The van der Waals surface area contributed by atoms with Crippen molar-refractivity contribution in [3.05, 3.63) is 0 Å². The molecule has 0 saturated carbocycles. The highest BCUT2D eigenvalue weighted by Crippen LogP contribution is 2.43. The molecular weight excluding hydrogens is 882 g/mol. The summed E-state index contributed by atoms with van der Waals surface area (Å²) in [6.45, 7) is 3.78. The number of phosphoric ester groups is 1. The molecule has 0 saturated heterocycles. The van der Waals surface area contributed by atoms with Crippen molar-refractivity contribution in [2.24, 2.45) is 5.73 Å². The van der Waals surface area contributed by atoms with Gasteiger partial charge in [-0.15, -0.1) is 0 Å². The molecule has 0 radical (unpaired) electrons. The first kappa shape index (κ1) is 68.0. The van der Waals surface area contributed by atoms with Gasteiger partial charge in [0, 0.05) is 19.4 Å². The number of phosphoric acid groups is 1. The monoisotopic (exact) mass is 1000 g/mol. The van der Waals surface area contributed by atoms with Crippen molar-refractivity contribution in [3.63, 3.8) is 0 Å². The molecule has 0 aromatic heterocycles. The van der Waals surface area contributed by atoms with Crippen LogP contribution in [0.4, 0.5) is 0 Å². The van der Waals surface area contributed by atoms with Crippen molar-refractivity contribution in [2.75, 3.05) is 26.4 Å². The molecule has 0 aromatic carbocycles. The fourth-order valence-electron chi connectivity index (χ4n) is 9.46. The van der Waals surface area contributed by atoms with E-state index in [1.165, 1.54) is 270 Å². The highest BCUT2D eigenvalue weighted by molar-refractivity contribution is 7.47. The van der Waals surface area contributed by atoms with Crippen LogP contribution in [0, 0.1) is 0 Å². The highest BCUT2D eigenvalue weighted by Gasteiger charge is 2.26. The van der Waals surface area contributed by atoms with Gasteiger partial charge in [0.25, 0.3) is 0 Å². The molecule has 0 amide bonds. The maximum Gasteiger partial charge on any atom is 0.472 e. The van der Waals surface area contributed by atoms with Gasteiger partial charge in [0.15, 0.2) is 6.10 Å². The number of ether oxygens (including phenoxy) is 2. The summed E-state index contributed by atoms with van der Waals surface area (Å²) in [5.74, 6) is -0.810. The molecule has 0 aliphatic heterocycles. The smallest absolute Gasteiger partial charge is 0.462 e. The van der Waals surface area contributed by atoms with Gasteiger partial charge in [0.1, 0.15) is 6.61 Å². The van der Waals surface area contributed by atoms with E-state index in [4.69, 9.17) is 24.3 Å². The van der Waals surface area contributed by atoms with Crippen LogP contribution in [0.25, 0.3) is 0 Å².